The standard InChI is InChI=1S/C18H24F3N3O2S/c1-12-16(26)24(10-8-15(25)22-9-11-23(2)3)17(27-12)13-4-6-14(7-5-13)18(19,20)21/h4-7,12,17H,8-11H2,1-3H3,(H,22,25). The van der Waals surface area contributed by atoms with Gasteiger partial charge in [-0.2, -0.15) is 13.2 Å². The number of carbonyl (C=O) groups is 2. The van der Waals surface area contributed by atoms with Gasteiger partial charge in [-0.3, -0.25) is 9.59 Å². The zero-order chi connectivity index (χ0) is 20.2. The van der Waals surface area contributed by atoms with Gasteiger partial charge in [0, 0.05) is 26.1 Å². The maximum Gasteiger partial charge on any atom is 0.416 e. The van der Waals surface area contributed by atoms with Gasteiger partial charge < -0.3 is 15.1 Å². The van der Waals surface area contributed by atoms with Gasteiger partial charge in [-0.15, -0.1) is 11.8 Å². The normalized spacial score (nSPS) is 20.4. The third-order valence-corrected chi connectivity index (χ3v) is 5.63. The molecule has 5 nitrogen and oxygen atoms in total. The molecule has 1 aromatic carbocycles. The van der Waals surface area contributed by atoms with Crippen LogP contribution in [0, 0.1) is 0 Å². The van der Waals surface area contributed by atoms with Crippen LogP contribution in [0.3, 0.4) is 0 Å². The SMILES string of the molecule is CC1SC(c2ccc(C(F)(F)F)cc2)N(CCC(=O)NCCN(C)C)C1=O. The molecule has 0 aliphatic carbocycles. The van der Waals surface area contributed by atoms with Gasteiger partial charge >= 0.3 is 6.18 Å². The summed E-state index contributed by atoms with van der Waals surface area (Å²) in [5.74, 6) is -0.258. The van der Waals surface area contributed by atoms with Crippen molar-refractivity contribution in [3.63, 3.8) is 0 Å². The summed E-state index contributed by atoms with van der Waals surface area (Å²) in [5.41, 5.74) is -0.0980. The topological polar surface area (TPSA) is 52.7 Å². The predicted octanol–water partition coefficient (Wildman–Crippen LogP) is 2.74. The molecule has 1 aliphatic heterocycles. The minimum Gasteiger partial charge on any atom is -0.355 e. The maximum absolute atomic E-state index is 12.7. The van der Waals surface area contributed by atoms with Crippen LogP contribution in [0.25, 0.3) is 0 Å². The molecule has 27 heavy (non-hydrogen) atoms. The Bertz CT molecular complexity index is 665. The molecule has 2 amide bonds. The second-order valence-corrected chi connectivity index (χ2v) is 8.11. The second kappa shape index (κ2) is 8.97. The lowest BCUT2D eigenvalue weighted by Gasteiger charge is -2.24. The average Bonchev–Trinajstić information content (AvgIpc) is 2.87. The lowest BCUT2D eigenvalue weighted by Crippen LogP contribution is -2.36. The molecule has 9 heteroatoms. The van der Waals surface area contributed by atoms with Gasteiger partial charge in [0.15, 0.2) is 0 Å². The van der Waals surface area contributed by atoms with Crippen molar-refractivity contribution < 1.29 is 22.8 Å². The zero-order valence-corrected chi connectivity index (χ0v) is 16.4. The highest BCUT2D eigenvalue weighted by Crippen LogP contribution is 2.43. The third-order valence-electron chi connectivity index (χ3n) is 4.23. The van der Waals surface area contributed by atoms with Crippen molar-refractivity contribution >= 4 is 23.6 Å². The van der Waals surface area contributed by atoms with E-state index in [-0.39, 0.29) is 35.4 Å². The van der Waals surface area contributed by atoms with Gasteiger partial charge in [-0.25, -0.2) is 0 Å². The van der Waals surface area contributed by atoms with E-state index in [0.29, 0.717) is 12.1 Å². The van der Waals surface area contributed by atoms with E-state index in [1.54, 1.807) is 11.8 Å². The van der Waals surface area contributed by atoms with Crippen LogP contribution in [0.4, 0.5) is 13.2 Å². The molecule has 2 unspecified atom stereocenters. The Morgan fingerprint density at radius 3 is 2.44 bits per heavy atom. The van der Waals surface area contributed by atoms with E-state index in [0.717, 1.165) is 18.7 Å². The molecule has 0 radical (unpaired) electrons. The number of nitrogens with zero attached hydrogens (tertiary/aromatic N) is 2. The fourth-order valence-electron chi connectivity index (χ4n) is 2.73. The molecule has 2 rings (SSSR count). The van der Waals surface area contributed by atoms with Crippen molar-refractivity contribution in [3.8, 4) is 0 Å². The molecule has 2 atom stereocenters. The summed E-state index contributed by atoms with van der Waals surface area (Å²) in [5, 5.41) is 2.11. The summed E-state index contributed by atoms with van der Waals surface area (Å²) >= 11 is 1.38. The molecule has 150 valence electrons. The van der Waals surface area contributed by atoms with E-state index in [9.17, 15) is 22.8 Å². The minimum atomic E-state index is -4.39. The maximum atomic E-state index is 12.7. The first-order chi connectivity index (χ1) is 12.6. The number of hydrogen-bond donors (Lipinski definition) is 1. The van der Waals surface area contributed by atoms with E-state index in [2.05, 4.69) is 5.32 Å². The Labute approximate surface area is 161 Å². The van der Waals surface area contributed by atoms with Crippen LogP contribution in [0.2, 0.25) is 0 Å². The molecule has 1 fully saturated rings. The van der Waals surface area contributed by atoms with Crippen molar-refractivity contribution in [1.82, 2.24) is 15.1 Å². The Morgan fingerprint density at radius 1 is 1.26 bits per heavy atom. The number of hydrogen-bond acceptors (Lipinski definition) is 4. The lowest BCUT2D eigenvalue weighted by atomic mass is 10.1. The second-order valence-electron chi connectivity index (χ2n) is 6.69. The number of thioether (sulfide) groups is 1. The summed E-state index contributed by atoms with van der Waals surface area (Å²) in [6.07, 6.45) is -4.24. The lowest BCUT2D eigenvalue weighted by molar-refractivity contribution is -0.137. The fourth-order valence-corrected chi connectivity index (χ4v) is 4.04. The van der Waals surface area contributed by atoms with E-state index in [4.69, 9.17) is 0 Å². The molecule has 0 bridgehead atoms. The first-order valence-electron chi connectivity index (χ1n) is 8.64. The number of likely N-dealkylation sites (N-methyl/N-ethyl adjacent to an activating group) is 1. The molecule has 1 saturated heterocycles. The van der Waals surface area contributed by atoms with Crippen LogP contribution in [0.1, 0.15) is 29.8 Å². The molecule has 1 N–H and O–H groups in total. The average molecular weight is 403 g/mol. The van der Waals surface area contributed by atoms with Crippen LogP contribution in [0.15, 0.2) is 24.3 Å². The molecular formula is C18H24F3N3O2S. The summed E-state index contributed by atoms with van der Waals surface area (Å²) in [4.78, 5) is 27.9. The highest BCUT2D eigenvalue weighted by atomic mass is 32.2. The number of amides is 2. The Balaban J connectivity index is 2.01. The summed E-state index contributed by atoms with van der Waals surface area (Å²) in [6.45, 7) is 3.24. The van der Waals surface area contributed by atoms with Gasteiger partial charge in [-0.05, 0) is 38.7 Å². The first kappa shape index (κ1) is 21.6. The number of benzene rings is 1. The van der Waals surface area contributed by atoms with Gasteiger partial charge in [0.25, 0.3) is 0 Å². The van der Waals surface area contributed by atoms with Crippen LogP contribution < -0.4 is 5.32 Å². The van der Waals surface area contributed by atoms with Crippen molar-refractivity contribution in [2.45, 2.75) is 30.1 Å². The van der Waals surface area contributed by atoms with Crippen molar-refractivity contribution in [3.05, 3.63) is 35.4 Å². The van der Waals surface area contributed by atoms with E-state index < -0.39 is 11.7 Å². The van der Waals surface area contributed by atoms with Gasteiger partial charge in [0.2, 0.25) is 11.8 Å². The predicted molar refractivity (Wildman–Crippen MR) is 99.1 cm³/mol. The fraction of sp³-hybridized carbons (Fsp3) is 0.556. The van der Waals surface area contributed by atoms with Gasteiger partial charge in [0.05, 0.1) is 10.8 Å². The van der Waals surface area contributed by atoms with Gasteiger partial charge in [-0.1, -0.05) is 12.1 Å². The summed E-state index contributed by atoms with van der Waals surface area (Å²) in [7, 11) is 3.81. The minimum absolute atomic E-state index is 0.106. The Hall–Kier alpha value is -1.74. The van der Waals surface area contributed by atoms with Crippen molar-refractivity contribution in [2.75, 3.05) is 33.7 Å². The molecule has 0 saturated carbocycles. The third kappa shape index (κ3) is 5.87. The zero-order valence-electron chi connectivity index (χ0n) is 15.5. The number of nitrogens with one attached hydrogen (secondary N) is 1. The number of halogens is 3. The summed E-state index contributed by atoms with van der Waals surface area (Å²) < 4.78 is 38.2. The molecule has 1 aromatic rings. The van der Waals surface area contributed by atoms with Crippen molar-refractivity contribution in [1.29, 1.82) is 0 Å². The van der Waals surface area contributed by atoms with Crippen LogP contribution >= 0.6 is 11.8 Å². The van der Waals surface area contributed by atoms with Crippen molar-refractivity contribution in [2.24, 2.45) is 0 Å². The van der Waals surface area contributed by atoms with Gasteiger partial charge in [0.1, 0.15) is 5.37 Å². The number of carbonyl (C=O) groups excluding carboxylic acids is 2. The van der Waals surface area contributed by atoms with E-state index >= 15 is 0 Å². The van der Waals surface area contributed by atoms with Crippen LogP contribution in [-0.4, -0.2) is 60.6 Å². The monoisotopic (exact) mass is 403 g/mol. The number of alkyl halides is 3. The largest absolute Gasteiger partial charge is 0.416 e. The summed E-state index contributed by atoms with van der Waals surface area (Å²) in [6, 6.07) is 4.84. The van der Waals surface area contributed by atoms with Crippen LogP contribution in [-0.2, 0) is 15.8 Å². The molecule has 1 aliphatic rings. The highest BCUT2D eigenvalue weighted by molar-refractivity contribution is 8.01. The molecular weight excluding hydrogens is 379 g/mol. The Morgan fingerprint density at radius 2 is 1.89 bits per heavy atom. The smallest absolute Gasteiger partial charge is 0.355 e. The van der Waals surface area contributed by atoms with E-state index in [1.165, 1.54) is 23.9 Å². The molecule has 0 aromatic heterocycles. The number of rotatable bonds is 7. The highest BCUT2D eigenvalue weighted by Gasteiger charge is 2.39. The quantitative estimate of drug-likeness (QED) is 0.761. The van der Waals surface area contributed by atoms with Crippen LogP contribution in [0.5, 0.6) is 0 Å². The van der Waals surface area contributed by atoms with E-state index in [1.807, 2.05) is 19.0 Å². The molecule has 1 heterocycles. The molecule has 0 spiro atoms. The first-order valence-corrected chi connectivity index (χ1v) is 9.58. The Kier molecular flexibility index (Phi) is 7.16.